The molecule has 3 heteroatoms. The number of amides is 1. The molecule has 3 nitrogen and oxygen atoms in total. The summed E-state index contributed by atoms with van der Waals surface area (Å²) in [6.07, 6.45) is 6.34. The van der Waals surface area contributed by atoms with Gasteiger partial charge in [0, 0.05) is 23.6 Å². The van der Waals surface area contributed by atoms with Crippen LogP contribution in [0.4, 0.5) is 0 Å². The molecule has 1 aliphatic heterocycles. The van der Waals surface area contributed by atoms with Gasteiger partial charge in [-0.05, 0) is 73.7 Å². The second kappa shape index (κ2) is 5.34. The largest absolute Gasteiger partial charge is 0.366 e. The van der Waals surface area contributed by atoms with E-state index in [4.69, 9.17) is 5.73 Å². The third-order valence-electron chi connectivity index (χ3n) is 6.94. The topological polar surface area (TPSA) is 46.3 Å². The molecule has 2 N–H and O–H groups in total. The average Bonchev–Trinajstić information content (AvgIpc) is 3.34. The fraction of sp³-hybridized carbons (Fsp3) is 0.650. The Labute approximate surface area is 139 Å². The number of hydrogen-bond acceptors (Lipinski definition) is 2. The summed E-state index contributed by atoms with van der Waals surface area (Å²) in [5, 5.41) is 0. The first-order valence-corrected chi connectivity index (χ1v) is 9.22. The predicted molar refractivity (Wildman–Crippen MR) is 92.5 cm³/mol. The SMILES string of the molecule is CC[C@@]12CCN(CC3CC3)[C@@H](Cc3ccc(C(N)=O)cc31)[C@H]2C. The lowest BCUT2D eigenvalue weighted by atomic mass is 9.56. The van der Waals surface area contributed by atoms with Crippen molar-refractivity contribution in [3.05, 3.63) is 34.9 Å². The molecule has 23 heavy (non-hydrogen) atoms. The zero-order valence-corrected chi connectivity index (χ0v) is 14.3. The number of piperidine rings is 1. The molecule has 1 aromatic carbocycles. The highest BCUT2D eigenvalue weighted by molar-refractivity contribution is 5.93. The van der Waals surface area contributed by atoms with Gasteiger partial charge in [0.15, 0.2) is 0 Å². The van der Waals surface area contributed by atoms with Crippen LogP contribution in [0.1, 0.15) is 61.0 Å². The van der Waals surface area contributed by atoms with Crippen LogP contribution in [0.2, 0.25) is 0 Å². The van der Waals surface area contributed by atoms with Crippen molar-refractivity contribution in [1.29, 1.82) is 0 Å². The number of carbonyl (C=O) groups is 1. The maximum atomic E-state index is 11.6. The summed E-state index contributed by atoms with van der Waals surface area (Å²) < 4.78 is 0. The molecule has 2 fully saturated rings. The van der Waals surface area contributed by atoms with Crippen molar-refractivity contribution in [2.75, 3.05) is 13.1 Å². The maximum absolute atomic E-state index is 11.6. The number of likely N-dealkylation sites (tertiary alicyclic amines) is 1. The number of rotatable bonds is 4. The highest BCUT2D eigenvalue weighted by Gasteiger charge is 2.50. The van der Waals surface area contributed by atoms with Gasteiger partial charge in [0.25, 0.3) is 0 Å². The molecule has 1 saturated carbocycles. The molecule has 1 saturated heterocycles. The van der Waals surface area contributed by atoms with E-state index < -0.39 is 0 Å². The molecule has 1 amide bonds. The summed E-state index contributed by atoms with van der Waals surface area (Å²) in [4.78, 5) is 14.4. The van der Waals surface area contributed by atoms with Gasteiger partial charge in [-0.25, -0.2) is 0 Å². The molecule has 4 rings (SSSR count). The van der Waals surface area contributed by atoms with Crippen molar-refractivity contribution >= 4 is 5.91 Å². The molecule has 124 valence electrons. The van der Waals surface area contributed by atoms with Gasteiger partial charge in [0.05, 0.1) is 0 Å². The van der Waals surface area contributed by atoms with Crippen molar-refractivity contribution in [1.82, 2.24) is 4.90 Å². The molecule has 1 aromatic rings. The number of nitrogens with zero attached hydrogens (tertiary/aromatic N) is 1. The Kier molecular flexibility index (Phi) is 3.53. The molecule has 0 unspecified atom stereocenters. The maximum Gasteiger partial charge on any atom is 0.248 e. The Morgan fingerprint density at radius 3 is 2.83 bits per heavy atom. The summed E-state index contributed by atoms with van der Waals surface area (Å²) in [6, 6.07) is 6.85. The molecule has 3 atom stereocenters. The zero-order valence-electron chi connectivity index (χ0n) is 14.3. The van der Waals surface area contributed by atoms with Crippen molar-refractivity contribution in [2.24, 2.45) is 17.6 Å². The van der Waals surface area contributed by atoms with Crippen molar-refractivity contribution in [3.8, 4) is 0 Å². The molecule has 0 spiro atoms. The van der Waals surface area contributed by atoms with Gasteiger partial charge < -0.3 is 5.73 Å². The van der Waals surface area contributed by atoms with E-state index in [0.29, 0.717) is 17.5 Å². The minimum Gasteiger partial charge on any atom is -0.366 e. The second-order valence-corrected chi connectivity index (χ2v) is 7.99. The molecule has 1 heterocycles. The van der Waals surface area contributed by atoms with E-state index in [1.807, 2.05) is 6.07 Å². The van der Waals surface area contributed by atoms with E-state index in [1.165, 1.54) is 43.5 Å². The van der Waals surface area contributed by atoms with Crippen molar-refractivity contribution in [2.45, 2.75) is 57.4 Å². The number of primary amides is 1. The molecular formula is C20H28N2O. The van der Waals surface area contributed by atoms with Gasteiger partial charge in [-0.15, -0.1) is 0 Å². The van der Waals surface area contributed by atoms with Crippen LogP contribution in [-0.2, 0) is 11.8 Å². The lowest BCUT2D eigenvalue weighted by molar-refractivity contribution is 0.0180. The monoisotopic (exact) mass is 312 g/mol. The molecule has 0 radical (unpaired) electrons. The predicted octanol–water partition coefficient (Wildman–Crippen LogP) is 3.11. The number of hydrogen-bond donors (Lipinski definition) is 1. The molecule has 2 bridgehead atoms. The highest BCUT2D eigenvalue weighted by Crippen LogP contribution is 2.51. The average molecular weight is 312 g/mol. The summed E-state index contributed by atoms with van der Waals surface area (Å²) >= 11 is 0. The van der Waals surface area contributed by atoms with Gasteiger partial charge in [0.1, 0.15) is 0 Å². The molecule has 3 aliphatic rings. The van der Waals surface area contributed by atoms with Crippen LogP contribution >= 0.6 is 0 Å². The fourth-order valence-corrected chi connectivity index (χ4v) is 5.25. The van der Waals surface area contributed by atoms with E-state index in [1.54, 1.807) is 0 Å². The summed E-state index contributed by atoms with van der Waals surface area (Å²) in [6.45, 7) is 7.26. The summed E-state index contributed by atoms with van der Waals surface area (Å²) in [5.74, 6) is 1.30. The Morgan fingerprint density at radius 2 is 2.17 bits per heavy atom. The Hall–Kier alpha value is -1.35. The molecule has 2 aliphatic carbocycles. The lowest BCUT2D eigenvalue weighted by Gasteiger charge is -2.56. The molecular weight excluding hydrogens is 284 g/mol. The smallest absolute Gasteiger partial charge is 0.248 e. The first kappa shape index (κ1) is 15.2. The zero-order chi connectivity index (χ0) is 16.2. The van der Waals surface area contributed by atoms with Gasteiger partial charge in [-0.2, -0.15) is 0 Å². The van der Waals surface area contributed by atoms with Gasteiger partial charge >= 0.3 is 0 Å². The second-order valence-electron chi connectivity index (χ2n) is 7.99. The van der Waals surface area contributed by atoms with Crippen LogP contribution in [-0.4, -0.2) is 29.9 Å². The lowest BCUT2D eigenvalue weighted by Crippen LogP contribution is -2.59. The Morgan fingerprint density at radius 1 is 1.39 bits per heavy atom. The van der Waals surface area contributed by atoms with Crippen LogP contribution in [0.25, 0.3) is 0 Å². The number of fused-ring (bicyclic) bond motifs is 4. The van der Waals surface area contributed by atoms with Gasteiger partial charge in [-0.3, -0.25) is 9.69 Å². The van der Waals surface area contributed by atoms with Crippen LogP contribution < -0.4 is 5.73 Å². The fourth-order valence-electron chi connectivity index (χ4n) is 5.25. The van der Waals surface area contributed by atoms with Crippen LogP contribution in [0, 0.1) is 11.8 Å². The first-order valence-electron chi connectivity index (χ1n) is 9.22. The van der Waals surface area contributed by atoms with Crippen molar-refractivity contribution < 1.29 is 4.79 Å². The van der Waals surface area contributed by atoms with E-state index >= 15 is 0 Å². The summed E-state index contributed by atoms with van der Waals surface area (Å²) in [5.41, 5.74) is 9.28. The highest BCUT2D eigenvalue weighted by atomic mass is 16.1. The Balaban J connectivity index is 1.75. The van der Waals surface area contributed by atoms with Crippen LogP contribution in [0.3, 0.4) is 0 Å². The summed E-state index contributed by atoms with van der Waals surface area (Å²) in [7, 11) is 0. The van der Waals surface area contributed by atoms with Crippen molar-refractivity contribution in [3.63, 3.8) is 0 Å². The minimum atomic E-state index is -0.306. The first-order chi connectivity index (χ1) is 11.0. The third kappa shape index (κ3) is 2.32. The molecule has 0 aromatic heterocycles. The van der Waals surface area contributed by atoms with E-state index in [0.717, 1.165) is 18.8 Å². The van der Waals surface area contributed by atoms with Gasteiger partial charge in [0.2, 0.25) is 5.91 Å². The standard InChI is InChI=1S/C20H28N2O/c1-3-20-8-9-22(12-14-4-5-14)18(13(20)2)11-15-6-7-16(19(21)23)10-17(15)20/h6-7,10,13-14,18H,3-5,8-9,11-12H2,1-2H3,(H2,21,23)/t13-,18+,20+/m1/s1. The van der Waals surface area contributed by atoms with Gasteiger partial charge in [-0.1, -0.05) is 19.9 Å². The van der Waals surface area contributed by atoms with E-state index in [2.05, 4.69) is 30.9 Å². The minimum absolute atomic E-state index is 0.226. The van der Waals surface area contributed by atoms with Crippen LogP contribution in [0.5, 0.6) is 0 Å². The normalized spacial score (nSPS) is 33.3. The number of carbonyl (C=O) groups excluding carboxylic acids is 1. The number of nitrogens with two attached hydrogens (primary N) is 1. The van der Waals surface area contributed by atoms with E-state index in [9.17, 15) is 4.79 Å². The van der Waals surface area contributed by atoms with E-state index in [-0.39, 0.29) is 11.3 Å². The number of benzene rings is 1. The van der Waals surface area contributed by atoms with Crippen LogP contribution in [0.15, 0.2) is 18.2 Å². The third-order valence-corrected chi connectivity index (χ3v) is 6.94. The Bertz CT molecular complexity index is 637. The quantitative estimate of drug-likeness (QED) is 0.928.